The Bertz CT molecular complexity index is 450. The van der Waals surface area contributed by atoms with Gasteiger partial charge in [0.15, 0.2) is 0 Å². The Morgan fingerprint density at radius 2 is 1.65 bits per heavy atom. The number of benzene rings is 2. The van der Waals surface area contributed by atoms with Gasteiger partial charge in [-0.15, -0.1) is 0 Å². The van der Waals surface area contributed by atoms with Gasteiger partial charge >= 0.3 is 0 Å². The van der Waals surface area contributed by atoms with E-state index in [0.29, 0.717) is 6.04 Å². The molecule has 0 heterocycles. The maximum Gasteiger partial charge on any atom is 0.0406 e. The molecule has 1 N–H and O–H groups in total. The first-order valence-electron chi connectivity index (χ1n) is 5.80. The number of nitrogens with one attached hydrogen (secondary N) is 1. The third-order valence-electron chi connectivity index (χ3n) is 2.64. The van der Waals surface area contributed by atoms with Crippen molar-refractivity contribution in [3.63, 3.8) is 0 Å². The van der Waals surface area contributed by atoms with Crippen LogP contribution in [0.1, 0.15) is 12.5 Å². The van der Waals surface area contributed by atoms with Gasteiger partial charge in [-0.1, -0.05) is 41.9 Å². The summed E-state index contributed by atoms with van der Waals surface area (Å²) in [5, 5.41) is 4.26. The second-order valence-electron chi connectivity index (χ2n) is 4.24. The van der Waals surface area contributed by atoms with Crippen molar-refractivity contribution in [3.8, 4) is 0 Å². The molecule has 0 saturated carbocycles. The maximum absolute atomic E-state index is 5.86. The van der Waals surface area contributed by atoms with Gasteiger partial charge < -0.3 is 5.32 Å². The fraction of sp³-hybridized carbons (Fsp3) is 0.200. The Morgan fingerprint density at radius 3 is 2.29 bits per heavy atom. The SMILES string of the molecule is CC(Cc1ccc(Cl)cc1)Nc1ccccc1. The Morgan fingerprint density at radius 1 is 1.00 bits per heavy atom. The van der Waals surface area contributed by atoms with E-state index in [2.05, 4.69) is 36.5 Å². The van der Waals surface area contributed by atoms with E-state index in [1.165, 1.54) is 5.56 Å². The lowest BCUT2D eigenvalue weighted by molar-refractivity contribution is 0.790. The average molecular weight is 246 g/mol. The molecule has 1 atom stereocenters. The Labute approximate surface area is 107 Å². The van der Waals surface area contributed by atoms with Gasteiger partial charge in [0, 0.05) is 16.8 Å². The van der Waals surface area contributed by atoms with Crippen molar-refractivity contribution in [2.45, 2.75) is 19.4 Å². The third-order valence-corrected chi connectivity index (χ3v) is 2.89. The minimum Gasteiger partial charge on any atom is -0.382 e. The molecule has 0 saturated heterocycles. The molecule has 0 aromatic heterocycles. The Kier molecular flexibility index (Phi) is 4.05. The molecule has 88 valence electrons. The maximum atomic E-state index is 5.86. The zero-order valence-corrected chi connectivity index (χ0v) is 10.6. The monoisotopic (exact) mass is 245 g/mol. The van der Waals surface area contributed by atoms with Gasteiger partial charge in [-0.3, -0.25) is 0 Å². The summed E-state index contributed by atoms with van der Waals surface area (Å²) >= 11 is 5.86. The molecule has 0 aliphatic rings. The van der Waals surface area contributed by atoms with Crippen molar-refractivity contribution in [1.82, 2.24) is 0 Å². The molecule has 0 aliphatic heterocycles. The van der Waals surface area contributed by atoms with E-state index in [1.807, 2.05) is 30.3 Å². The number of rotatable bonds is 4. The summed E-state index contributed by atoms with van der Waals surface area (Å²) in [5.41, 5.74) is 2.46. The van der Waals surface area contributed by atoms with E-state index in [-0.39, 0.29) is 0 Å². The smallest absolute Gasteiger partial charge is 0.0406 e. The number of halogens is 1. The molecular weight excluding hydrogens is 230 g/mol. The molecule has 2 aromatic carbocycles. The molecular formula is C15H16ClN. The normalized spacial score (nSPS) is 12.1. The van der Waals surface area contributed by atoms with E-state index in [4.69, 9.17) is 11.6 Å². The number of para-hydroxylation sites is 1. The molecule has 0 amide bonds. The predicted octanol–water partition coefficient (Wildman–Crippen LogP) is 4.38. The lowest BCUT2D eigenvalue weighted by Crippen LogP contribution is -2.17. The second kappa shape index (κ2) is 5.74. The lowest BCUT2D eigenvalue weighted by atomic mass is 10.1. The highest BCUT2D eigenvalue weighted by atomic mass is 35.5. The van der Waals surface area contributed by atoms with Crippen LogP contribution in [-0.2, 0) is 6.42 Å². The van der Waals surface area contributed by atoms with E-state index >= 15 is 0 Å². The predicted molar refractivity (Wildman–Crippen MR) is 74.7 cm³/mol. The highest BCUT2D eigenvalue weighted by molar-refractivity contribution is 6.30. The van der Waals surface area contributed by atoms with Crippen LogP contribution in [0.4, 0.5) is 5.69 Å². The van der Waals surface area contributed by atoms with E-state index in [1.54, 1.807) is 0 Å². The highest BCUT2D eigenvalue weighted by Crippen LogP contribution is 2.13. The van der Waals surface area contributed by atoms with Crippen LogP contribution in [0, 0.1) is 0 Å². The largest absolute Gasteiger partial charge is 0.382 e. The standard InChI is InChI=1S/C15H16ClN/c1-12(17-15-5-3-2-4-6-15)11-13-7-9-14(16)10-8-13/h2-10,12,17H,11H2,1H3. The van der Waals surface area contributed by atoms with Crippen molar-refractivity contribution in [1.29, 1.82) is 0 Å². The first-order valence-corrected chi connectivity index (χ1v) is 6.18. The minimum atomic E-state index is 0.401. The first kappa shape index (κ1) is 12.0. The molecule has 0 spiro atoms. The highest BCUT2D eigenvalue weighted by Gasteiger charge is 2.03. The second-order valence-corrected chi connectivity index (χ2v) is 4.68. The van der Waals surface area contributed by atoms with Gasteiger partial charge in [0.25, 0.3) is 0 Å². The molecule has 0 radical (unpaired) electrons. The van der Waals surface area contributed by atoms with Crippen molar-refractivity contribution < 1.29 is 0 Å². The Balaban J connectivity index is 1.93. The summed E-state index contributed by atoms with van der Waals surface area (Å²) in [7, 11) is 0. The summed E-state index contributed by atoms with van der Waals surface area (Å²) in [6, 6.07) is 18.7. The lowest BCUT2D eigenvalue weighted by Gasteiger charge is -2.15. The fourth-order valence-electron chi connectivity index (χ4n) is 1.84. The quantitative estimate of drug-likeness (QED) is 0.843. The molecule has 0 bridgehead atoms. The van der Waals surface area contributed by atoms with Gasteiger partial charge in [-0.05, 0) is 43.2 Å². The topological polar surface area (TPSA) is 12.0 Å². The van der Waals surface area contributed by atoms with Crippen LogP contribution < -0.4 is 5.32 Å². The third kappa shape index (κ3) is 3.79. The van der Waals surface area contributed by atoms with E-state index < -0.39 is 0 Å². The molecule has 0 aliphatic carbocycles. The van der Waals surface area contributed by atoms with Crippen molar-refractivity contribution in [2.75, 3.05) is 5.32 Å². The van der Waals surface area contributed by atoms with Crippen LogP contribution >= 0.6 is 11.6 Å². The number of anilines is 1. The summed E-state index contributed by atoms with van der Waals surface area (Å²) in [5.74, 6) is 0. The molecule has 1 unspecified atom stereocenters. The van der Waals surface area contributed by atoms with E-state index in [0.717, 1.165) is 17.1 Å². The van der Waals surface area contributed by atoms with Crippen molar-refractivity contribution in [3.05, 3.63) is 65.2 Å². The minimum absolute atomic E-state index is 0.401. The zero-order valence-electron chi connectivity index (χ0n) is 9.86. The van der Waals surface area contributed by atoms with Gasteiger partial charge in [-0.25, -0.2) is 0 Å². The van der Waals surface area contributed by atoms with Crippen molar-refractivity contribution >= 4 is 17.3 Å². The molecule has 2 rings (SSSR count). The summed E-state index contributed by atoms with van der Waals surface area (Å²) in [6.45, 7) is 2.18. The number of hydrogen-bond acceptors (Lipinski definition) is 1. The zero-order chi connectivity index (χ0) is 12.1. The first-order chi connectivity index (χ1) is 8.24. The summed E-state index contributed by atoms with van der Waals surface area (Å²) in [4.78, 5) is 0. The van der Waals surface area contributed by atoms with Gasteiger partial charge in [0.05, 0.1) is 0 Å². The van der Waals surface area contributed by atoms with Crippen molar-refractivity contribution in [2.24, 2.45) is 0 Å². The van der Waals surface area contributed by atoms with Crippen LogP contribution in [0.5, 0.6) is 0 Å². The van der Waals surface area contributed by atoms with Crippen LogP contribution in [-0.4, -0.2) is 6.04 Å². The molecule has 17 heavy (non-hydrogen) atoms. The molecule has 1 nitrogen and oxygen atoms in total. The van der Waals surface area contributed by atoms with Gasteiger partial charge in [0.2, 0.25) is 0 Å². The van der Waals surface area contributed by atoms with Crippen LogP contribution in [0.3, 0.4) is 0 Å². The summed E-state index contributed by atoms with van der Waals surface area (Å²) in [6.07, 6.45) is 0.992. The van der Waals surface area contributed by atoms with Crippen LogP contribution in [0.15, 0.2) is 54.6 Å². The Hall–Kier alpha value is -1.47. The average Bonchev–Trinajstić information content (AvgIpc) is 2.33. The van der Waals surface area contributed by atoms with Crippen LogP contribution in [0.2, 0.25) is 5.02 Å². The number of hydrogen-bond donors (Lipinski definition) is 1. The van der Waals surface area contributed by atoms with E-state index in [9.17, 15) is 0 Å². The molecule has 2 heteroatoms. The summed E-state index contributed by atoms with van der Waals surface area (Å²) < 4.78 is 0. The van der Waals surface area contributed by atoms with Crippen LogP contribution in [0.25, 0.3) is 0 Å². The van der Waals surface area contributed by atoms with Gasteiger partial charge in [0.1, 0.15) is 0 Å². The fourth-order valence-corrected chi connectivity index (χ4v) is 1.97. The molecule has 0 fully saturated rings. The molecule has 2 aromatic rings. The van der Waals surface area contributed by atoms with Gasteiger partial charge in [-0.2, -0.15) is 0 Å².